The van der Waals surface area contributed by atoms with Crippen LogP contribution < -0.4 is 5.32 Å². The first-order valence-electron chi connectivity index (χ1n) is 12.4. The van der Waals surface area contributed by atoms with Gasteiger partial charge in [0.25, 0.3) is 0 Å². The monoisotopic (exact) mass is 510 g/mol. The molecule has 3 heterocycles. The van der Waals surface area contributed by atoms with E-state index in [0.717, 1.165) is 27.4 Å². The Morgan fingerprint density at radius 1 is 1.25 bits per heavy atom. The van der Waals surface area contributed by atoms with Crippen molar-refractivity contribution in [2.45, 2.75) is 71.6 Å². The van der Waals surface area contributed by atoms with Gasteiger partial charge in [-0.15, -0.1) is 11.3 Å². The summed E-state index contributed by atoms with van der Waals surface area (Å²) in [7, 11) is 0. The average molecular weight is 511 g/mol. The number of nitrogens with one attached hydrogen (secondary N) is 1. The van der Waals surface area contributed by atoms with Gasteiger partial charge in [0.05, 0.1) is 33.9 Å². The number of amides is 2. The Bertz CT molecular complexity index is 1200. The molecule has 1 aliphatic heterocycles. The Balaban J connectivity index is 1.47. The summed E-state index contributed by atoms with van der Waals surface area (Å²) in [5.41, 5.74) is 5.66. The maximum atomic E-state index is 13.6. The number of hydrogen-bond donors (Lipinski definition) is 2. The second-order valence-electron chi connectivity index (χ2n) is 9.81. The van der Waals surface area contributed by atoms with Crippen molar-refractivity contribution >= 4 is 23.2 Å². The van der Waals surface area contributed by atoms with Crippen LogP contribution in [0.2, 0.25) is 0 Å². The Morgan fingerprint density at radius 2 is 1.97 bits per heavy atom. The topological polar surface area (TPSA) is 109 Å². The van der Waals surface area contributed by atoms with Crippen LogP contribution in [-0.2, 0) is 16.0 Å². The van der Waals surface area contributed by atoms with E-state index >= 15 is 0 Å². The number of aryl methyl sites for hydroxylation is 2. The molecule has 0 saturated carbocycles. The van der Waals surface area contributed by atoms with Gasteiger partial charge in [-0.1, -0.05) is 50.2 Å². The molecule has 0 radical (unpaired) electrons. The molecule has 1 aromatic carbocycles. The lowest BCUT2D eigenvalue weighted by Gasteiger charge is -2.29. The van der Waals surface area contributed by atoms with E-state index in [2.05, 4.69) is 15.5 Å². The molecule has 4 atom stereocenters. The predicted molar refractivity (Wildman–Crippen MR) is 138 cm³/mol. The quantitative estimate of drug-likeness (QED) is 0.469. The van der Waals surface area contributed by atoms with Crippen LogP contribution in [0.3, 0.4) is 0 Å². The van der Waals surface area contributed by atoms with E-state index in [1.165, 1.54) is 4.90 Å². The molecule has 1 saturated heterocycles. The van der Waals surface area contributed by atoms with Crippen LogP contribution in [0.15, 0.2) is 40.4 Å². The number of aliphatic hydroxyl groups is 1. The maximum Gasteiger partial charge on any atom is 0.243 e. The molecular weight excluding hydrogens is 476 g/mol. The van der Waals surface area contributed by atoms with Crippen molar-refractivity contribution in [1.29, 1.82) is 0 Å². The van der Waals surface area contributed by atoms with Gasteiger partial charge in [-0.25, -0.2) is 4.98 Å². The summed E-state index contributed by atoms with van der Waals surface area (Å²) in [4.78, 5) is 33.9. The maximum absolute atomic E-state index is 13.6. The van der Waals surface area contributed by atoms with Crippen molar-refractivity contribution in [1.82, 2.24) is 20.4 Å². The first-order chi connectivity index (χ1) is 17.2. The summed E-state index contributed by atoms with van der Waals surface area (Å²) in [6, 6.07) is 8.86. The number of rotatable bonds is 8. The lowest BCUT2D eigenvalue weighted by molar-refractivity contribution is -0.141. The third kappa shape index (κ3) is 5.37. The van der Waals surface area contributed by atoms with E-state index in [0.29, 0.717) is 12.2 Å². The molecule has 0 bridgehead atoms. The van der Waals surface area contributed by atoms with Crippen LogP contribution in [0, 0.1) is 12.8 Å². The highest BCUT2D eigenvalue weighted by molar-refractivity contribution is 7.13. The van der Waals surface area contributed by atoms with Gasteiger partial charge in [-0.3, -0.25) is 9.59 Å². The Kier molecular flexibility index (Phi) is 7.90. The van der Waals surface area contributed by atoms with Crippen LogP contribution >= 0.6 is 11.3 Å². The number of aliphatic hydroxyl groups excluding tert-OH is 1. The second kappa shape index (κ2) is 10.9. The van der Waals surface area contributed by atoms with E-state index < -0.39 is 18.1 Å². The minimum atomic E-state index is -0.754. The highest BCUT2D eigenvalue weighted by atomic mass is 32.1. The SMILES string of the molecule is CCc1cc([C@H](C(=O)N2C[C@H](O)CC2C(=O)N[C@@H](C)c2ccc(-c3scnc3C)cc2)C(C)C)on1. The molecule has 4 rings (SSSR count). The van der Waals surface area contributed by atoms with Gasteiger partial charge in [0.2, 0.25) is 11.8 Å². The van der Waals surface area contributed by atoms with Crippen molar-refractivity contribution in [3.63, 3.8) is 0 Å². The first-order valence-corrected chi connectivity index (χ1v) is 13.3. The Morgan fingerprint density at radius 3 is 2.56 bits per heavy atom. The summed E-state index contributed by atoms with van der Waals surface area (Å²) < 4.78 is 5.48. The zero-order valence-corrected chi connectivity index (χ0v) is 22.2. The highest BCUT2D eigenvalue weighted by Gasteiger charge is 2.43. The van der Waals surface area contributed by atoms with Gasteiger partial charge >= 0.3 is 0 Å². The molecule has 1 aliphatic rings. The molecular formula is C27H34N4O4S. The van der Waals surface area contributed by atoms with Gasteiger partial charge in [0, 0.05) is 19.0 Å². The standard InChI is InChI=1S/C27H34N4O4S/c1-6-20-11-23(35-30-20)24(15(2)3)27(34)31-13-21(32)12-22(31)26(33)29-16(4)18-7-9-19(10-8-18)25-17(5)28-14-36-25/h7-11,14-16,21-22,24,32H,6,12-13H2,1-5H3,(H,29,33)/t16-,21+,22?,24+/m0/s1. The van der Waals surface area contributed by atoms with E-state index in [9.17, 15) is 14.7 Å². The molecule has 0 spiro atoms. The Labute approximate surface area is 215 Å². The predicted octanol–water partition coefficient (Wildman–Crippen LogP) is 4.25. The van der Waals surface area contributed by atoms with Gasteiger partial charge < -0.3 is 19.8 Å². The number of aromatic nitrogens is 2. The van der Waals surface area contributed by atoms with Gasteiger partial charge in [0.1, 0.15) is 17.7 Å². The summed E-state index contributed by atoms with van der Waals surface area (Å²) >= 11 is 1.60. The fraction of sp³-hybridized carbons (Fsp3) is 0.481. The lowest BCUT2D eigenvalue weighted by atomic mass is 9.91. The van der Waals surface area contributed by atoms with Gasteiger partial charge in [-0.2, -0.15) is 0 Å². The van der Waals surface area contributed by atoms with Crippen LogP contribution in [0.5, 0.6) is 0 Å². The van der Waals surface area contributed by atoms with E-state index in [4.69, 9.17) is 4.52 Å². The molecule has 2 aromatic heterocycles. The fourth-order valence-corrected chi connectivity index (χ4v) is 5.57. The van der Waals surface area contributed by atoms with Crippen LogP contribution in [0.1, 0.15) is 68.8 Å². The van der Waals surface area contributed by atoms with Crippen molar-refractivity contribution in [2.24, 2.45) is 5.92 Å². The molecule has 9 heteroatoms. The number of nitrogens with zero attached hydrogens (tertiary/aromatic N) is 3. The van der Waals surface area contributed by atoms with Gasteiger partial charge in [-0.05, 0) is 37.3 Å². The molecule has 3 aromatic rings. The Hall–Kier alpha value is -3.04. The number of thiazole rings is 1. The summed E-state index contributed by atoms with van der Waals surface area (Å²) in [5.74, 6) is -0.631. The summed E-state index contributed by atoms with van der Waals surface area (Å²) in [6.45, 7) is 9.88. The number of likely N-dealkylation sites (tertiary alicyclic amines) is 1. The minimum absolute atomic E-state index is 0.0590. The number of β-amino-alcohol motifs (C(OH)–C–C–N with tert-alkyl or cyclic N) is 1. The third-order valence-corrected chi connectivity index (χ3v) is 7.80. The van der Waals surface area contributed by atoms with E-state index in [-0.39, 0.29) is 36.7 Å². The average Bonchev–Trinajstić information content (AvgIpc) is 3.58. The molecule has 1 fully saturated rings. The lowest BCUT2D eigenvalue weighted by Crippen LogP contribution is -2.48. The second-order valence-corrected chi connectivity index (χ2v) is 10.7. The van der Waals surface area contributed by atoms with Crippen LogP contribution in [-0.4, -0.2) is 50.7 Å². The molecule has 2 N–H and O–H groups in total. The normalized spacial score (nSPS) is 19.5. The van der Waals surface area contributed by atoms with Crippen molar-refractivity contribution < 1.29 is 19.2 Å². The molecule has 36 heavy (non-hydrogen) atoms. The highest BCUT2D eigenvalue weighted by Crippen LogP contribution is 2.32. The van der Waals surface area contributed by atoms with Crippen molar-refractivity contribution in [3.05, 3.63) is 58.6 Å². The van der Waals surface area contributed by atoms with E-state index in [1.54, 1.807) is 11.3 Å². The van der Waals surface area contributed by atoms with Crippen LogP contribution in [0.4, 0.5) is 0 Å². The first kappa shape index (κ1) is 26.0. The molecule has 8 nitrogen and oxygen atoms in total. The molecule has 0 aliphatic carbocycles. The molecule has 1 unspecified atom stereocenters. The molecule has 2 amide bonds. The van der Waals surface area contributed by atoms with E-state index in [1.807, 2.05) is 70.5 Å². The van der Waals surface area contributed by atoms with Gasteiger partial charge in [0.15, 0.2) is 0 Å². The molecule has 192 valence electrons. The third-order valence-electron chi connectivity index (χ3n) is 6.82. The zero-order valence-electron chi connectivity index (χ0n) is 21.4. The number of carbonyl (C=O) groups excluding carboxylic acids is 2. The summed E-state index contributed by atoms with van der Waals surface area (Å²) in [5, 5.41) is 17.5. The number of carbonyl (C=O) groups is 2. The zero-order chi connectivity index (χ0) is 26.0. The summed E-state index contributed by atoms with van der Waals surface area (Å²) in [6.07, 6.45) is 0.157. The van der Waals surface area contributed by atoms with Crippen molar-refractivity contribution in [2.75, 3.05) is 6.54 Å². The number of hydrogen-bond acceptors (Lipinski definition) is 7. The van der Waals surface area contributed by atoms with Crippen molar-refractivity contribution in [3.8, 4) is 10.4 Å². The smallest absolute Gasteiger partial charge is 0.243 e. The number of benzene rings is 1. The van der Waals surface area contributed by atoms with Crippen LogP contribution in [0.25, 0.3) is 10.4 Å². The fourth-order valence-electron chi connectivity index (χ4n) is 4.76. The minimum Gasteiger partial charge on any atom is -0.391 e. The largest absolute Gasteiger partial charge is 0.391 e.